The van der Waals surface area contributed by atoms with E-state index in [0.29, 0.717) is 30.0 Å². The van der Waals surface area contributed by atoms with E-state index >= 15 is 0 Å². The Morgan fingerprint density at radius 3 is 2.20 bits per heavy atom. The minimum absolute atomic E-state index is 0.157. The second-order valence-electron chi connectivity index (χ2n) is 6.87. The lowest BCUT2D eigenvalue weighted by molar-refractivity contribution is 0.100. The van der Waals surface area contributed by atoms with Crippen molar-refractivity contribution in [1.82, 2.24) is 15.0 Å². The Kier molecular flexibility index (Phi) is 6.63. The molecule has 9 heteroatoms. The summed E-state index contributed by atoms with van der Waals surface area (Å²) in [4.78, 5) is 24.5. The third-order valence-electron chi connectivity index (χ3n) is 4.09. The van der Waals surface area contributed by atoms with Gasteiger partial charge in [0.15, 0.2) is 0 Å². The van der Waals surface area contributed by atoms with Crippen LogP contribution in [0.5, 0.6) is 5.75 Å². The zero-order valence-electron chi connectivity index (χ0n) is 17.1. The molecule has 156 valence electrons. The van der Waals surface area contributed by atoms with Crippen molar-refractivity contribution in [3.8, 4) is 5.75 Å². The molecule has 0 aliphatic carbocycles. The summed E-state index contributed by atoms with van der Waals surface area (Å²) in [7, 11) is 1.64. The van der Waals surface area contributed by atoms with Crippen LogP contribution in [0.1, 0.15) is 29.8 Å². The molecule has 0 unspecified atom stereocenters. The van der Waals surface area contributed by atoms with Crippen LogP contribution in [-0.4, -0.2) is 34.0 Å². The molecule has 0 spiro atoms. The molecule has 0 bridgehead atoms. The first kappa shape index (κ1) is 20.8. The SMILES string of the molecule is COc1ccc(CNc2nc(Nc3ccc(C(N)=O)cc3)nc(NC(C)C)n2)cc1. The second kappa shape index (κ2) is 9.55. The van der Waals surface area contributed by atoms with E-state index < -0.39 is 5.91 Å². The topological polar surface area (TPSA) is 127 Å². The molecule has 5 N–H and O–H groups in total. The fourth-order valence-corrected chi connectivity index (χ4v) is 2.61. The zero-order chi connectivity index (χ0) is 21.5. The van der Waals surface area contributed by atoms with Crippen LogP contribution in [0.4, 0.5) is 23.5 Å². The number of methoxy groups -OCH3 is 1. The van der Waals surface area contributed by atoms with Gasteiger partial charge in [0.05, 0.1) is 7.11 Å². The van der Waals surface area contributed by atoms with Gasteiger partial charge in [-0.25, -0.2) is 0 Å². The van der Waals surface area contributed by atoms with Crippen LogP contribution in [0.2, 0.25) is 0 Å². The van der Waals surface area contributed by atoms with Crippen LogP contribution in [-0.2, 0) is 6.54 Å². The second-order valence-corrected chi connectivity index (χ2v) is 6.87. The van der Waals surface area contributed by atoms with Crippen LogP contribution >= 0.6 is 0 Å². The van der Waals surface area contributed by atoms with Gasteiger partial charge in [0.1, 0.15) is 5.75 Å². The smallest absolute Gasteiger partial charge is 0.248 e. The van der Waals surface area contributed by atoms with E-state index in [1.54, 1.807) is 31.4 Å². The van der Waals surface area contributed by atoms with E-state index in [1.165, 1.54) is 0 Å². The van der Waals surface area contributed by atoms with Crippen molar-refractivity contribution in [1.29, 1.82) is 0 Å². The molecule has 3 aromatic rings. The molecule has 0 fully saturated rings. The summed E-state index contributed by atoms with van der Waals surface area (Å²) >= 11 is 0. The normalized spacial score (nSPS) is 10.5. The monoisotopic (exact) mass is 407 g/mol. The number of benzene rings is 2. The quantitative estimate of drug-likeness (QED) is 0.426. The maximum absolute atomic E-state index is 11.2. The largest absolute Gasteiger partial charge is 0.497 e. The molecule has 1 heterocycles. The standard InChI is InChI=1S/C21H25N7O2/c1-13(2)24-20-26-19(23-12-14-4-10-17(30-3)11-5-14)27-21(28-20)25-16-8-6-15(7-9-16)18(22)29/h4-11,13H,12H2,1-3H3,(H2,22,29)(H3,23,24,25,26,27,28). The number of anilines is 4. The third kappa shape index (κ3) is 5.81. The van der Waals surface area contributed by atoms with E-state index in [1.807, 2.05) is 38.1 Å². The van der Waals surface area contributed by atoms with Gasteiger partial charge in [-0.05, 0) is 55.8 Å². The molecule has 1 aromatic heterocycles. The number of ether oxygens (including phenoxy) is 1. The van der Waals surface area contributed by atoms with Gasteiger partial charge in [-0.2, -0.15) is 15.0 Å². The van der Waals surface area contributed by atoms with Gasteiger partial charge >= 0.3 is 0 Å². The van der Waals surface area contributed by atoms with E-state index in [2.05, 4.69) is 30.9 Å². The number of nitrogens with one attached hydrogen (secondary N) is 3. The van der Waals surface area contributed by atoms with Gasteiger partial charge in [-0.3, -0.25) is 4.79 Å². The Hall–Kier alpha value is -3.88. The lowest BCUT2D eigenvalue weighted by Crippen LogP contribution is -2.15. The lowest BCUT2D eigenvalue weighted by atomic mass is 10.2. The average Bonchev–Trinajstić information content (AvgIpc) is 2.72. The van der Waals surface area contributed by atoms with E-state index in [9.17, 15) is 4.79 Å². The van der Waals surface area contributed by atoms with Crippen molar-refractivity contribution in [2.24, 2.45) is 5.73 Å². The lowest BCUT2D eigenvalue weighted by Gasteiger charge is -2.13. The number of carbonyl (C=O) groups excluding carboxylic acids is 1. The Morgan fingerprint density at radius 2 is 1.60 bits per heavy atom. The maximum atomic E-state index is 11.2. The van der Waals surface area contributed by atoms with Gasteiger partial charge in [0, 0.05) is 23.8 Å². The molecule has 9 nitrogen and oxygen atoms in total. The average molecular weight is 407 g/mol. The summed E-state index contributed by atoms with van der Waals surface area (Å²) in [5, 5.41) is 9.53. The first-order chi connectivity index (χ1) is 14.4. The highest BCUT2D eigenvalue weighted by atomic mass is 16.5. The fraction of sp³-hybridized carbons (Fsp3) is 0.238. The van der Waals surface area contributed by atoms with Gasteiger partial charge in [0.2, 0.25) is 23.8 Å². The van der Waals surface area contributed by atoms with Crippen molar-refractivity contribution < 1.29 is 9.53 Å². The molecule has 0 saturated heterocycles. The highest BCUT2D eigenvalue weighted by molar-refractivity contribution is 5.93. The summed E-state index contributed by atoms with van der Waals surface area (Å²) in [6.45, 7) is 4.55. The highest BCUT2D eigenvalue weighted by Gasteiger charge is 2.09. The number of amides is 1. The number of hydrogen-bond donors (Lipinski definition) is 4. The molecule has 0 aliphatic rings. The Morgan fingerprint density at radius 1 is 0.967 bits per heavy atom. The molecule has 0 radical (unpaired) electrons. The van der Waals surface area contributed by atoms with E-state index in [4.69, 9.17) is 10.5 Å². The van der Waals surface area contributed by atoms with Crippen LogP contribution < -0.4 is 26.4 Å². The molecule has 0 saturated carbocycles. The van der Waals surface area contributed by atoms with Crippen molar-refractivity contribution in [3.05, 3.63) is 59.7 Å². The predicted molar refractivity (Wildman–Crippen MR) is 117 cm³/mol. The number of rotatable bonds is 9. The van der Waals surface area contributed by atoms with Crippen molar-refractivity contribution in [3.63, 3.8) is 0 Å². The third-order valence-corrected chi connectivity index (χ3v) is 4.09. The molecule has 0 aliphatic heterocycles. The Labute approximate surface area is 175 Å². The predicted octanol–water partition coefficient (Wildman–Crippen LogP) is 3.16. The Balaban J connectivity index is 1.77. The zero-order valence-corrected chi connectivity index (χ0v) is 17.1. The number of aromatic nitrogens is 3. The summed E-state index contributed by atoms with van der Waals surface area (Å²) in [5.41, 5.74) is 7.50. The first-order valence-corrected chi connectivity index (χ1v) is 9.49. The summed E-state index contributed by atoms with van der Waals surface area (Å²) in [6, 6.07) is 14.7. The van der Waals surface area contributed by atoms with Crippen LogP contribution in [0.15, 0.2) is 48.5 Å². The summed E-state index contributed by atoms with van der Waals surface area (Å²) < 4.78 is 5.18. The molecule has 3 rings (SSSR count). The Bertz CT molecular complexity index is 989. The van der Waals surface area contributed by atoms with Crippen LogP contribution in [0.25, 0.3) is 0 Å². The number of nitrogens with zero attached hydrogens (tertiary/aromatic N) is 3. The molecule has 0 atom stereocenters. The minimum Gasteiger partial charge on any atom is -0.497 e. The van der Waals surface area contributed by atoms with Crippen LogP contribution in [0, 0.1) is 0 Å². The van der Waals surface area contributed by atoms with Crippen LogP contribution in [0.3, 0.4) is 0 Å². The van der Waals surface area contributed by atoms with Gasteiger partial charge in [-0.15, -0.1) is 0 Å². The van der Waals surface area contributed by atoms with E-state index in [-0.39, 0.29) is 6.04 Å². The number of hydrogen-bond acceptors (Lipinski definition) is 8. The number of primary amides is 1. The van der Waals surface area contributed by atoms with Gasteiger partial charge in [-0.1, -0.05) is 12.1 Å². The van der Waals surface area contributed by atoms with E-state index in [0.717, 1.165) is 17.0 Å². The molecular weight excluding hydrogens is 382 g/mol. The highest BCUT2D eigenvalue weighted by Crippen LogP contribution is 2.18. The summed E-state index contributed by atoms with van der Waals surface area (Å²) in [6.07, 6.45) is 0. The maximum Gasteiger partial charge on any atom is 0.248 e. The fourth-order valence-electron chi connectivity index (χ4n) is 2.61. The van der Waals surface area contributed by atoms with Crippen molar-refractivity contribution in [2.45, 2.75) is 26.4 Å². The van der Waals surface area contributed by atoms with Crippen molar-refractivity contribution >= 4 is 29.4 Å². The van der Waals surface area contributed by atoms with Gasteiger partial charge < -0.3 is 26.4 Å². The first-order valence-electron chi connectivity index (χ1n) is 9.49. The molecule has 30 heavy (non-hydrogen) atoms. The van der Waals surface area contributed by atoms with Crippen molar-refractivity contribution in [2.75, 3.05) is 23.1 Å². The molecule has 1 amide bonds. The number of carbonyl (C=O) groups is 1. The number of nitrogens with two attached hydrogens (primary N) is 1. The molecule has 2 aromatic carbocycles. The summed E-state index contributed by atoms with van der Waals surface area (Å²) in [5.74, 6) is 1.58. The van der Waals surface area contributed by atoms with Gasteiger partial charge in [0.25, 0.3) is 0 Å². The minimum atomic E-state index is -0.477. The molecular formula is C21H25N7O2.